The van der Waals surface area contributed by atoms with Gasteiger partial charge in [0.1, 0.15) is 18.8 Å². The highest BCUT2D eigenvalue weighted by molar-refractivity contribution is 5.95. The van der Waals surface area contributed by atoms with Crippen molar-refractivity contribution in [3.63, 3.8) is 0 Å². The van der Waals surface area contributed by atoms with E-state index in [0.717, 1.165) is 0 Å². The Morgan fingerprint density at radius 1 is 1.12 bits per heavy atom. The van der Waals surface area contributed by atoms with Crippen molar-refractivity contribution in [1.82, 2.24) is 0 Å². The molecule has 0 radical (unpaired) electrons. The number of fused-ring (bicyclic) bond motifs is 3. The van der Waals surface area contributed by atoms with E-state index in [4.69, 9.17) is 23.7 Å². The van der Waals surface area contributed by atoms with Crippen LogP contribution in [0.1, 0.15) is 60.8 Å². The van der Waals surface area contributed by atoms with Crippen LogP contribution in [0.25, 0.3) is 0 Å². The molecule has 5 atom stereocenters. The second-order valence-corrected chi connectivity index (χ2v) is 9.21. The van der Waals surface area contributed by atoms with Crippen LogP contribution in [0.4, 0.5) is 0 Å². The first kappa shape index (κ1) is 25.6. The predicted molar refractivity (Wildman–Crippen MR) is 115 cm³/mol. The zero-order valence-corrected chi connectivity index (χ0v) is 20.2. The summed E-state index contributed by atoms with van der Waals surface area (Å²) in [5.41, 5.74) is -1.87. The Bertz CT molecular complexity index is 992. The first-order valence-corrected chi connectivity index (χ1v) is 11.1. The highest BCUT2D eigenvalue weighted by Crippen LogP contribution is 2.50. The summed E-state index contributed by atoms with van der Waals surface area (Å²) in [6, 6.07) is 0. The smallest absolute Gasteiger partial charge is 0.338 e. The van der Waals surface area contributed by atoms with Gasteiger partial charge in [0.05, 0.1) is 11.2 Å². The summed E-state index contributed by atoms with van der Waals surface area (Å²) >= 11 is 0. The van der Waals surface area contributed by atoms with Gasteiger partial charge in [-0.25, -0.2) is 9.59 Å². The van der Waals surface area contributed by atoms with Gasteiger partial charge in [0.15, 0.2) is 17.5 Å². The first-order valence-electron chi connectivity index (χ1n) is 11.1. The minimum Gasteiger partial charge on any atom is -0.461 e. The molecule has 2 aliphatic heterocycles. The molecule has 5 unspecified atom stereocenters. The summed E-state index contributed by atoms with van der Waals surface area (Å²) in [5, 5.41) is 0. The number of esters is 4. The van der Waals surface area contributed by atoms with Crippen molar-refractivity contribution in [1.29, 1.82) is 0 Å². The molecule has 0 N–H and O–H groups in total. The average Bonchev–Trinajstić information content (AvgIpc) is 3.30. The predicted octanol–water partition coefficient (Wildman–Crippen LogP) is 1.88. The number of epoxide rings is 1. The van der Waals surface area contributed by atoms with Crippen molar-refractivity contribution in [3.8, 4) is 0 Å². The minimum absolute atomic E-state index is 0.00665. The number of allylic oxidation sites excluding steroid dienone is 1. The average molecular weight is 478 g/mol. The molecule has 3 rings (SSSR count). The lowest BCUT2D eigenvalue weighted by Gasteiger charge is -2.34. The van der Waals surface area contributed by atoms with Crippen molar-refractivity contribution in [2.24, 2.45) is 0 Å². The normalized spacial score (nSPS) is 33.4. The third-order valence-corrected chi connectivity index (χ3v) is 6.50. The standard InChI is InChI=1S/C24H30O10/c1-7-12(2)21(28)31-16-10-24(6,33-14(4)26)17(27)8-9-23(5)20(34-23)19-18(16)15(22(29)32-19)11-30-13(3)25/h7,16,19-20H,8-11H2,1-6H3. The summed E-state index contributed by atoms with van der Waals surface area (Å²) < 4.78 is 27.7. The van der Waals surface area contributed by atoms with Crippen LogP contribution in [-0.2, 0) is 47.7 Å². The van der Waals surface area contributed by atoms with E-state index >= 15 is 0 Å². The molecule has 0 aromatic rings. The number of hydrogen-bond acceptors (Lipinski definition) is 10. The van der Waals surface area contributed by atoms with Crippen molar-refractivity contribution < 1.29 is 47.7 Å². The molecule has 0 amide bonds. The summed E-state index contributed by atoms with van der Waals surface area (Å²) in [6.07, 6.45) is -1.01. The molecule has 0 aromatic heterocycles. The molecule has 10 nitrogen and oxygen atoms in total. The van der Waals surface area contributed by atoms with Crippen molar-refractivity contribution in [3.05, 3.63) is 22.8 Å². The Hall–Kier alpha value is -3.01. The molecule has 1 saturated heterocycles. The summed E-state index contributed by atoms with van der Waals surface area (Å²) in [7, 11) is 0. The van der Waals surface area contributed by atoms with E-state index in [9.17, 15) is 24.0 Å². The Morgan fingerprint density at radius 2 is 1.79 bits per heavy atom. The summed E-state index contributed by atoms with van der Waals surface area (Å²) in [5.74, 6) is -3.08. The molecule has 1 saturated carbocycles. The Labute approximate surface area is 197 Å². The summed E-state index contributed by atoms with van der Waals surface area (Å²) in [6.45, 7) is 8.43. The maximum atomic E-state index is 13.2. The maximum absolute atomic E-state index is 13.2. The molecule has 2 fully saturated rings. The third-order valence-electron chi connectivity index (χ3n) is 6.50. The highest BCUT2D eigenvalue weighted by atomic mass is 16.7. The maximum Gasteiger partial charge on any atom is 0.338 e. The highest BCUT2D eigenvalue weighted by Gasteiger charge is 2.63. The molecule has 2 heterocycles. The van der Waals surface area contributed by atoms with Crippen LogP contribution >= 0.6 is 0 Å². The number of Topliss-reactive ketones (excluding diaryl/α,β-unsaturated/α-hetero) is 1. The molecule has 0 spiro atoms. The van der Waals surface area contributed by atoms with Gasteiger partial charge in [0.2, 0.25) is 0 Å². The second kappa shape index (κ2) is 9.32. The largest absolute Gasteiger partial charge is 0.461 e. The number of carbonyl (C=O) groups is 5. The molecular formula is C24H30O10. The van der Waals surface area contributed by atoms with Crippen LogP contribution in [0.15, 0.2) is 22.8 Å². The van der Waals surface area contributed by atoms with Crippen LogP contribution < -0.4 is 0 Å². The Balaban J connectivity index is 2.15. The van der Waals surface area contributed by atoms with Gasteiger partial charge in [-0.3, -0.25) is 14.4 Å². The van der Waals surface area contributed by atoms with E-state index in [0.29, 0.717) is 12.0 Å². The number of hydrogen-bond donors (Lipinski definition) is 0. The fourth-order valence-corrected chi connectivity index (χ4v) is 4.36. The Kier molecular flexibility index (Phi) is 7.02. The van der Waals surface area contributed by atoms with Gasteiger partial charge in [-0.1, -0.05) is 6.08 Å². The van der Waals surface area contributed by atoms with Crippen LogP contribution in [0, 0.1) is 0 Å². The molecule has 1 aliphatic carbocycles. The third kappa shape index (κ3) is 5.06. The van der Waals surface area contributed by atoms with Crippen molar-refractivity contribution in [2.75, 3.05) is 6.61 Å². The van der Waals surface area contributed by atoms with Crippen LogP contribution in [0.3, 0.4) is 0 Å². The van der Waals surface area contributed by atoms with E-state index in [1.54, 1.807) is 26.8 Å². The summed E-state index contributed by atoms with van der Waals surface area (Å²) in [4.78, 5) is 62.1. The molecule has 34 heavy (non-hydrogen) atoms. The van der Waals surface area contributed by atoms with Gasteiger partial charge in [-0.15, -0.1) is 0 Å². The van der Waals surface area contributed by atoms with E-state index in [1.165, 1.54) is 20.8 Å². The van der Waals surface area contributed by atoms with Crippen LogP contribution in [-0.4, -0.2) is 65.8 Å². The zero-order valence-electron chi connectivity index (χ0n) is 20.2. The van der Waals surface area contributed by atoms with Crippen LogP contribution in [0.2, 0.25) is 0 Å². The van der Waals surface area contributed by atoms with Gasteiger partial charge in [-0.05, 0) is 34.1 Å². The zero-order chi connectivity index (χ0) is 25.4. The van der Waals surface area contributed by atoms with E-state index in [2.05, 4.69) is 0 Å². The number of ether oxygens (including phenoxy) is 5. The Morgan fingerprint density at radius 3 is 2.38 bits per heavy atom. The first-order chi connectivity index (χ1) is 15.8. The fourth-order valence-electron chi connectivity index (χ4n) is 4.36. The van der Waals surface area contributed by atoms with Crippen molar-refractivity contribution in [2.45, 2.75) is 90.3 Å². The van der Waals surface area contributed by atoms with E-state index in [-0.39, 0.29) is 29.8 Å². The van der Waals surface area contributed by atoms with Gasteiger partial charge < -0.3 is 23.7 Å². The second-order valence-electron chi connectivity index (χ2n) is 9.21. The van der Waals surface area contributed by atoms with E-state index in [1.807, 2.05) is 0 Å². The molecule has 3 aliphatic rings. The lowest BCUT2D eigenvalue weighted by atomic mass is 9.80. The molecule has 186 valence electrons. The minimum atomic E-state index is -1.64. The van der Waals surface area contributed by atoms with Gasteiger partial charge in [0, 0.05) is 37.8 Å². The lowest BCUT2D eigenvalue weighted by Crippen LogP contribution is -2.47. The fraction of sp³-hybridized carbons (Fsp3) is 0.625. The lowest BCUT2D eigenvalue weighted by molar-refractivity contribution is -0.169. The van der Waals surface area contributed by atoms with Gasteiger partial charge in [0.25, 0.3) is 0 Å². The topological polar surface area (TPSA) is 135 Å². The number of ketones is 1. The molecular weight excluding hydrogens is 448 g/mol. The van der Waals surface area contributed by atoms with Crippen molar-refractivity contribution >= 4 is 29.7 Å². The monoisotopic (exact) mass is 478 g/mol. The molecule has 0 aromatic carbocycles. The van der Waals surface area contributed by atoms with E-state index < -0.39 is 60.0 Å². The SMILES string of the molecule is CC=C(C)C(=O)OC1CC(C)(OC(C)=O)C(=O)CCC2(C)OC2C2OC(=O)C(COC(C)=O)=C12. The van der Waals surface area contributed by atoms with Gasteiger partial charge in [-0.2, -0.15) is 0 Å². The van der Waals surface area contributed by atoms with Crippen LogP contribution in [0.5, 0.6) is 0 Å². The quantitative estimate of drug-likeness (QED) is 0.249. The molecule has 0 bridgehead atoms. The van der Waals surface area contributed by atoms with Gasteiger partial charge >= 0.3 is 23.9 Å². The molecule has 10 heteroatoms. The number of carbonyl (C=O) groups excluding carboxylic acids is 5. The number of rotatable bonds is 5.